The van der Waals surface area contributed by atoms with E-state index in [1.807, 2.05) is 0 Å². The Balaban J connectivity index is 2.04. The van der Waals surface area contributed by atoms with Crippen LogP contribution in [0.1, 0.15) is 38.2 Å². The summed E-state index contributed by atoms with van der Waals surface area (Å²) in [5.41, 5.74) is 0.0592. The van der Waals surface area contributed by atoms with Gasteiger partial charge in [0.25, 0.3) is 0 Å². The summed E-state index contributed by atoms with van der Waals surface area (Å²) < 4.78 is 18.9. The van der Waals surface area contributed by atoms with Crippen molar-refractivity contribution in [2.45, 2.75) is 38.2 Å². The Morgan fingerprint density at radius 1 is 1.39 bits per heavy atom. The van der Waals surface area contributed by atoms with Crippen LogP contribution in [0.4, 0.5) is 4.39 Å². The topological polar surface area (TPSA) is 32.7 Å². The van der Waals surface area contributed by atoms with Gasteiger partial charge in [-0.1, -0.05) is 13.0 Å². The van der Waals surface area contributed by atoms with Crippen molar-refractivity contribution in [1.29, 1.82) is 0 Å². The first kappa shape index (κ1) is 16.7. The molecule has 3 nitrogen and oxygen atoms in total. The molecule has 2 bridgehead atoms. The number of nitrogens with zero attached hydrogens (tertiary/aromatic N) is 1. The smallest absolute Gasteiger partial charge is 0.165 e. The molecule has 128 valence electrons. The minimum Gasteiger partial charge on any atom is -0.494 e. The van der Waals surface area contributed by atoms with Crippen molar-refractivity contribution in [3.8, 4) is 5.75 Å². The Hall–Kier alpha value is -1.13. The van der Waals surface area contributed by atoms with Crippen molar-refractivity contribution in [3.63, 3.8) is 0 Å². The van der Waals surface area contributed by atoms with E-state index in [0.717, 1.165) is 18.5 Å². The first-order chi connectivity index (χ1) is 10.8. The van der Waals surface area contributed by atoms with Crippen molar-refractivity contribution >= 4 is 0 Å². The Morgan fingerprint density at radius 3 is 2.78 bits per heavy atom. The summed E-state index contributed by atoms with van der Waals surface area (Å²) in [4.78, 5) is 2.15. The van der Waals surface area contributed by atoms with Crippen LogP contribution in [-0.2, 0) is 5.60 Å². The van der Waals surface area contributed by atoms with E-state index in [4.69, 9.17) is 4.74 Å². The maximum Gasteiger partial charge on any atom is 0.165 e. The maximum atomic E-state index is 13.8. The van der Waals surface area contributed by atoms with Crippen molar-refractivity contribution in [2.75, 3.05) is 27.7 Å². The highest BCUT2D eigenvalue weighted by Gasteiger charge is 2.55. The van der Waals surface area contributed by atoms with Crippen LogP contribution in [0.25, 0.3) is 0 Å². The van der Waals surface area contributed by atoms with Crippen LogP contribution in [0.3, 0.4) is 0 Å². The van der Waals surface area contributed by atoms with Gasteiger partial charge in [-0.25, -0.2) is 4.39 Å². The quantitative estimate of drug-likeness (QED) is 0.922. The van der Waals surface area contributed by atoms with Gasteiger partial charge in [-0.3, -0.25) is 0 Å². The molecule has 23 heavy (non-hydrogen) atoms. The van der Waals surface area contributed by atoms with Crippen molar-refractivity contribution in [2.24, 2.45) is 17.3 Å². The SMILES string of the molecule is COc1cc(C2(O)CC3(C)CCC(C3)C2CN(C)C)ccc1F. The van der Waals surface area contributed by atoms with Crippen molar-refractivity contribution < 1.29 is 14.2 Å². The summed E-state index contributed by atoms with van der Waals surface area (Å²) in [6.45, 7) is 3.13. The van der Waals surface area contributed by atoms with Gasteiger partial charge in [0.1, 0.15) is 0 Å². The Bertz CT molecular complexity index is 591. The van der Waals surface area contributed by atoms with Crippen molar-refractivity contribution in [3.05, 3.63) is 29.6 Å². The fourth-order valence-electron chi connectivity index (χ4n) is 4.99. The van der Waals surface area contributed by atoms with Crippen molar-refractivity contribution in [1.82, 2.24) is 4.90 Å². The third-order valence-electron chi connectivity index (χ3n) is 5.97. The van der Waals surface area contributed by atoms with Crippen LogP contribution in [0.15, 0.2) is 18.2 Å². The molecule has 1 aromatic rings. The van der Waals surface area contributed by atoms with Gasteiger partial charge in [-0.05, 0) is 68.8 Å². The molecule has 4 heteroatoms. The highest BCUT2D eigenvalue weighted by molar-refractivity contribution is 5.35. The highest BCUT2D eigenvalue weighted by atomic mass is 19.1. The third-order valence-corrected chi connectivity index (χ3v) is 5.97. The number of aliphatic hydroxyl groups is 1. The van der Waals surface area contributed by atoms with Crippen LogP contribution >= 0.6 is 0 Å². The van der Waals surface area contributed by atoms with Crippen LogP contribution in [0.2, 0.25) is 0 Å². The average Bonchev–Trinajstić information content (AvgIpc) is 2.81. The van der Waals surface area contributed by atoms with Gasteiger partial charge in [-0.2, -0.15) is 0 Å². The number of rotatable bonds is 4. The molecule has 4 atom stereocenters. The summed E-state index contributed by atoms with van der Waals surface area (Å²) >= 11 is 0. The minimum absolute atomic E-state index is 0.170. The molecule has 0 saturated heterocycles. The largest absolute Gasteiger partial charge is 0.494 e. The summed E-state index contributed by atoms with van der Waals surface area (Å²) in [7, 11) is 5.57. The molecule has 3 rings (SSSR count). The van der Waals surface area contributed by atoms with E-state index in [1.165, 1.54) is 32.4 Å². The zero-order valence-corrected chi connectivity index (χ0v) is 14.6. The number of hydrogen-bond donors (Lipinski definition) is 1. The number of ether oxygens (including phenoxy) is 1. The van der Waals surface area contributed by atoms with Crippen LogP contribution < -0.4 is 4.74 Å². The van der Waals surface area contributed by atoms with Gasteiger partial charge < -0.3 is 14.7 Å². The molecule has 0 amide bonds. The molecule has 1 aromatic carbocycles. The molecule has 2 saturated carbocycles. The molecule has 0 heterocycles. The summed E-state index contributed by atoms with van der Waals surface area (Å²) in [5, 5.41) is 11.7. The predicted molar refractivity (Wildman–Crippen MR) is 89.0 cm³/mol. The summed E-state index contributed by atoms with van der Waals surface area (Å²) in [5.74, 6) is 0.525. The molecular formula is C19H28FNO2. The van der Waals surface area contributed by atoms with Crippen LogP contribution in [-0.4, -0.2) is 37.8 Å². The summed E-state index contributed by atoms with van der Waals surface area (Å²) in [6, 6.07) is 4.83. The van der Waals surface area contributed by atoms with Gasteiger partial charge in [0.15, 0.2) is 11.6 Å². The lowest BCUT2D eigenvalue weighted by Gasteiger charge is -2.49. The standard InChI is InChI=1S/C19H28FNO2/c1-18-8-7-13(10-18)15(11-21(2)3)19(22,12-18)14-5-6-16(20)17(9-14)23-4/h5-6,9,13,15,22H,7-8,10-12H2,1-4H3. The van der Waals surface area contributed by atoms with E-state index < -0.39 is 5.60 Å². The van der Waals surface area contributed by atoms with E-state index >= 15 is 0 Å². The second-order valence-electron chi connectivity index (χ2n) is 8.13. The number of halogens is 1. The molecular weight excluding hydrogens is 293 g/mol. The summed E-state index contributed by atoms with van der Waals surface area (Å²) in [6.07, 6.45) is 4.27. The van der Waals surface area contributed by atoms with Gasteiger partial charge in [0.05, 0.1) is 12.7 Å². The molecule has 4 unspecified atom stereocenters. The van der Waals surface area contributed by atoms with E-state index in [-0.39, 0.29) is 22.9 Å². The molecule has 2 aliphatic carbocycles. The Morgan fingerprint density at radius 2 is 2.13 bits per heavy atom. The number of benzene rings is 1. The molecule has 0 aromatic heterocycles. The maximum absolute atomic E-state index is 13.8. The third kappa shape index (κ3) is 2.87. The van der Waals surface area contributed by atoms with E-state index in [1.54, 1.807) is 12.1 Å². The molecule has 1 N–H and O–H groups in total. The van der Waals surface area contributed by atoms with Crippen LogP contribution in [0.5, 0.6) is 5.75 Å². The molecule has 0 radical (unpaired) electrons. The van der Waals surface area contributed by atoms with Gasteiger partial charge in [0.2, 0.25) is 0 Å². The lowest BCUT2D eigenvalue weighted by Crippen LogP contribution is -2.49. The monoisotopic (exact) mass is 321 g/mol. The fourth-order valence-corrected chi connectivity index (χ4v) is 4.99. The first-order valence-corrected chi connectivity index (χ1v) is 8.48. The highest BCUT2D eigenvalue weighted by Crippen LogP contribution is 2.60. The van der Waals surface area contributed by atoms with Gasteiger partial charge in [0, 0.05) is 12.5 Å². The number of fused-ring (bicyclic) bond motifs is 2. The molecule has 0 spiro atoms. The number of methoxy groups -OCH3 is 1. The lowest BCUT2D eigenvalue weighted by atomic mass is 9.61. The second kappa shape index (κ2) is 5.75. The average molecular weight is 321 g/mol. The second-order valence-corrected chi connectivity index (χ2v) is 8.13. The van der Waals surface area contributed by atoms with E-state index in [0.29, 0.717) is 5.92 Å². The lowest BCUT2D eigenvalue weighted by molar-refractivity contribution is -0.108. The Labute approximate surface area is 138 Å². The van der Waals surface area contributed by atoms with E-state index in [2.05, 4.69) is 25.9 Å². The van der Waals surface area contributed by atoms with E-state index in [9.17, 15) is 9.50 Å². The first-order valence-electron chi connectivity index (χ1n) is 8.48. The fraction of sp³-hybridized carbons (Fsp3) is 0.684. The minimum atomic E-state index is -0.917. The zero-order chi connectivity index (χ0) is 16.8. The Kier molecular flexibility index (Phi) is 4.18. The molecule has 2 fully saturated rings. The normalized spacial score (nSPS) is 36.5. The molecule has 2 aliphatic rings. The van der Waals surface area contributed by atoms with Gasteiger partial charge >= 0.3 is 0 Å². The van der Waals surface area contributed by atoms with Crippen LogP contribution in [0, 0.1) is 23.1 Å². The number of hydrogen-bond acceptors (Lipinski definition) is 3. The van der Waals surface area contributed by atoms with Gasteiger partial charge in [-0.15, -0.1) is 0 Å². The zero-order valence-electron chi connectivity index (χ0n) is 14.6. The predicted octanol–water partition coefficient (Wildman–Crippen LogP) is 3.41. The molecule has 0 aliphatic heterocycles.